The molecule has 2 aromatic carbocycles. The van der Waals surface area contributed by atoms with Crippen molar-refractivity contribution in [2.24, 2.45) is 5.92 Å². The molecule has 3 unspecified atom stereocenters. The minimum Gasteiger partial charge on any atom is -0.497 e. The molecular formula is C22H18N2O4S2. The first-order valence-electron chi connectivity index (χ1n) is 9.46. The number of aryl methyl sites for hydroxylation is 1. The van der Waals surface area contributed by atoms with E-state index in [2.05, 4.69) is 4.98 Å². The van der Waals surface area contributed by atoms with Crippen LogP contribution in [0.4, 0.5) is 5.69 Å². The van der Waals surface area contributed by atoms with Crippen LogP contribution in [0, 0.1) is 12.8 Å². The highest BCUT2D eigenvalue weighted by Crippen LogP contribution is 2.53. The number of thiazole rings is 1. The highest BCUT2D eigenvalue weighted by molar-refractivity contribution is 8.00. The van der Waals surface area contributed by atoms with Gasteiger partial charge in [0.05, 0.1) is 23.7 Å². The van der Waals surface area contributed by atoms with Crippen LogP contribution in [0.3, 0.4) is 0 Å². The van der Waals surface area contributed by atoms with E-state index >= 15 is 0 Å². The quantitative estimate of drug-likeness (QED) is 0.633. The van der Waals surface area contributed by atoms with Gasteiger partial charge in [0.25, 0.3) is 0 Å². The van der Waals surface area contributed by atoms with E-state index in [9.17, 15) is 14.4 Å². The number of carbonyl (C=O) groups excluding carboxylic acids is 2. The molecule has 0 bridgehead atoms. The number of amides is 2. The highest BCUT2D eigenvalue weighted by Gasteiger charge is 2.56. The number of thioether (sulfide) groups is 1. The number of hydrogen-bond acceptors (Lipinski definition) is 6. The number of anilines is 1. The molecule has 1 aromatic heterocycles. The van der Waals surface area contributed by atoms with Crippen LogP contribution >= 0.6 is 23.1 Å². The summed E-state index contributed by atoms with van der Waals surface area (Å²) < 4.78 is 5.25. The summed E-state index contributed by atoms with van der Waals surface area (Å²) in [5.41, 5.74) is 2.52. The molecular weight excluding hydrogens is 420 g/mol. The third kappa shape index (κ3) is 2.90. The molecule has 1 fully saturated rings. The molecule has 3 atom stereocenters. The molecule has 30 heavy (non-hydrogen) atoms. The molecule has 2 amide bonds. The summed E-state index contributed by atoms with van der Waals surface area (Å²) >= 11 is 2.40. The number of carbonyl (C=O) groups is 2. The van der Waals surface area contributed by atoms with Gasteiger partial charge in [0, 0.05) is 10.8 Å². The second kappa shape index (κ2) is 7.14. The second-order valence-corrected chi connectivity index (χ2v) is 9.54. The number of fused-ring (bicyclic) bond motifs is 2. The lowest BCUT2D eigenvalue weighted by Crippen LogP contribution is -2.32. The smallest absolute Gasteiger partial charge is 0.305 e. The number of aromatic nitrogens is 1. The van der Waals surface area contributed by atoms with Crippen LogP contribution in [0.2, 0.25) is 0 Å². The largest absolute Gasteiger partial charge is 0.497 e. The summed E-state index contributed by atoms with van der Waals surface area (Å²) in [6.07, 6.45) is 0. The standard InChI is InChI=1S/C22H18N2O4S2/c1-11-3-7-13(8-4-11)24-20(25)16-15(12-5-9-14(28-2)10-6-12)17-19(23-22(27)30-17)29-18(16)21(24)26/h3-10,15-16,18H,1-2H3,(H,23,27). The zero-order valence-corrected chi connectivity index (χ0v) is 17.9. The van der Waals surface area contributed by atoms with E-state index in [1.165, 1.54) is 16.7 Å². The van der Waals surface area contributed by atoms with Gasteiger partial charge < -0.3 is 9.72 Å². The molecule has 2 aliphatic rings. The SMILES string of the molecule is COc1ccc(C2c3sc(=O)[nH]c3SC3C(=O)N(c4ccc(C)cc4)C(=O)C32)cc1. The molecule has 6 nitrogen and oxygen atoms in total. The van der Waals surface area contributed by atoms with E-state index in [4.69, 9.17) is 4.74 Å². The van der Waals surface area contributed by atoms with Gasteiger partial charge in [-0.15, -0.1) is 0 Å². The minimum absolute atomic E-state index is 0.179. The highest BCUT2D eigenvalue weighted by atomic mass is 32.2. The Morgan fingerprint density at radius 2 is 1.67 bits per heavy atom. The number of methoxy groups -OCH3 is 1. The van der Waals surface area contributed by atoms with Crippen molar-refractivity contribution in [3.63, 3.8) is 0 Å². The van der Waals surface area contributed by atoms with E-state index in [1.807, 2.05) is 43.3 Å². The third-order valence-corrected chi connectivity index (χ3v) is 7.99. The van der Waals surface area contributed by atoms with E-state index < -0.39 is 11.2 Å². The number of nitrogens with one attached hydrogen (secondary N) is 1. The Hall–Kier alpha value is -2.84. The van der Waals surface area contributed by atoms with Crippen LogP contribution in [0.25, 0.3) is 0 Å². The lowest BCUT2D eigenvalue weighted by atomic mass is 9.83. The molecule has 1 N–H and O–H groups in total. The summed E-state index contributed by atoms with van der Waals surface area (Å²) in [5.74, 6) is -0.703. The summed E-state index contributed by atoms with van der Waals surface area (Å²) in [5, 5.41) is 0.0997. The topological polar surface area (TPSA) is 79.5 Å². The maximum absolute atomic E-state index is 13.5. The van der Waals surface area contributed by atoms with Gasteiger partial charge in [0.2, 0.25) is 11.8 Å². The number of imide groups is 1. The fraction of sp³-hybridized carbons (Fsp3) is 0.227. The Morgan fingerprint density at radius 1 is 0.967 bits per heavy atom. The lowest BCUT2D eigenvalue weighted by Gasteiger charge is -2.29. The summed E-state index contributed by atoms with van der Waals surface area (Å²) in [6, 6.07) is 14.8. The van der Waals surface area contributed by atoms with Crippen molar-refractivity contribution in [2.45, 2.75) is 23.1 Å². The number of benzene rings is 2. The number of ether oxygens (including phenoxy) is 1. The average Bonchev–Trinajstić information content (AvgIpc) is 3.24. The maximum atomic E-state index is 13.5. The molecule has 0 spiro atoms. The van der Waals surface area contributed by atoms with Crippen molar-refractivity contribution in [3.05, 3.63) is 74.2 Å². The Kier molecular flexibility index (Phi) is 4.56. The van der Waals surface area contributed by atoms with Gasteiger partial charge in [-0.3, -0.25) is 14.4 Å². The monoisotopic (exact) mass is 438 g/mol. The van der Waals surface area contributed by atoms with Crippen molar-refractivity contribution in [3.8, 4) is 5.75 Å². The predicted octanol–water partition coefficient (Wildman–Crippen LogP) is 3.55. The fourth-order valence-corrected chi connectivity index (χ4v) is 6.65. The molecule has 1 saturated heterocycles. The van der Waals surface area contributed by atoms with Crippen molar-refractivity contribution in [1.29, 1.82) is 0 Å². The van der Waals surface area contributed by atoms with E-state index in [1.54, 1.807) is 19.2 Å². The van der Waals surface area contributed by atoms with Gasteiger partial charge in [0.15, 0.2) is 0 Å². The Bertz CT molecular complexity index is 1200. The molecule has 0 aliphatic carbocycles. The Labute approximate surface area is 180 Å². The van der Waals surface area contributed by atoms with E-state index in [0.717, 1.165) is 27.3 Å². The maximum Gasteiger partial charge on any atom is 0.305 e. The van der Waals surface area contributed by atoms with Crippen LogP contribution in [0.5, 0.6) is 5.75 Å². The van der Waals surface area contributed by atoms with Crippen LogP contribution in [0.1, 0.15) is 21.9 Å². The van der Waals surface area contributed by atoms with Crippen LogP contribution in [-0.4, -0.2) is 29.2 Å². The first-order valence-corrected chi connectivity index (χ1v) is 11.2. The van der Waals surface area contributed by atoms with Crippen LogP contribution in [-0.2, 0) is 9.59 Å². The molecule has 152 valence electrons. The lowest BCUT2D eigenvalue weighted by molar-refractivity contribution is -0.122. The molecule has 0 radical (unpaired) electrons. The van der Waals surface area contributed by atoms with Crippen molar-refractivity contribution < 1.29 is 14.3 Å². The van der Waals surface area contributed by atoms with E-state index in [-0.39, 0.29) is 22.6 Å². The summed E-state index contributed by atoms with van der Waals surface area (Å²) in [4.78, 5) is 43.7. The number of H-pyrrole nitrogens is 1. The number of nitrogens with zero attached hydrogens (tertiary/aromatic N) is 1. The zero-order valence-electron chi connectivity index (χ0n) is 16.2. The first kappa shape index (κ1) is 19.1. The molecule has 5 rings (SSSR count). The molecule has 0 saturated carbocycles. The normalized spacial score (nSPS) is 22.7. The van der Waals surface area contributed by atoms with Gasteiger partial charge >= 0.3 is 4.87 Å². The number of rotatable bonds is 3. The van der Waals surface area contributed by atoms with Crippen LogP contribution in [0.15, 0.2) is 58.4 Å². The third-order valence-electron chi connectivity index (χ3n) is 5.59. The van der Waals surface area contributed by atoms with Gasteiger partial charge in [-0.2, -0.15) is 0 Å². The summed E-state index contributed by atoms with van der Waals surface area (Å²) in [6.45, 7) is 1.96. The van der Waals surface area contributed by atoms with Crippen molar-refractivity contribution in [2.75, 3.05) is 12.0 Å². The second-order valence-electron chi connectivity index (χ2n) is 7.37. The fourth-order valence-electron chi connectivity index (χ4n) is 4.14. The minimum atomic E-state index is -0.580. The van der Waals surface area contributed by atoms with Gasteiger partial charge in [-0.1, -0.05) is 52.9 Å². The van der Waals surface area contributed by atoms with Gasteiger partial charge in [0.1, 0.15) is 11.0 Å². The Balaban J connectivity index is 1.63. The Morgan fingerprint density at radius 3 is 2.33 bits per heavy atom. The first-order chi connectivity index (χ1) is 14.5. The number of aromatic amines is 1. The molecule has 3 aromatic rings. The average molecular weight is 439 g/mol. The number of hydrogen-bond donors (Lipinski definition) is 1. The van der Waals surface area contributed by atoms with Gasteiger partial charge in [-0.05, 0) is 36.8 Å². The molecule has 8 heteroatoms. The molecule has 3 heterocycles. The van der Waals surface area contributed by atoms with Crippen molar-refractivity contribution in [1.82, 2.24) is 4.98 Å². The molecule has 2 aliphatic heterocycles. The summed E-state index contributed by atoms with van der Waals surface area (Å²) in [7, 11) is 1.59. The van der Waals surface area contributed by atoms with Crippen LogP contribution < -0.4 is 14.5 Å². The van der Waals surface area contributed by atoms with E-state index in [0.29, 0.717) is 16.5 Å². The zero-order chi connectivity index (χ0) is 21.0. The predicted molar refractivity (Wildman–Crippen MR) is 117 cm³/mol. The van der Waals surface area contributed by atoms with Gasteiger partial charge in [-0.25, -0.2) is 4.90 Å². The van der Waals surface area contributed by atoms with Crippen molar-refractivity contribution >= 4 is 40.6 Å².